The molecule has 0 saturated heterocycles. The van der Waals surface area contributed by atoms with E-state index in [4.69, 9.17) is 10.8 Å². The van der Waals surface area contributed by atoms with Crippen molar-refractivity contribution in [3.05, 3.63) is 47.2 Å². The average Bonchev–Trinajstić information content (AvgIpc) is 2.19. The molecule has 0 aliphatic rings. The normalized spacial score (nSPS) is 11.7. The van der Waals surface area contributed by atoms with Crippen LogP contribution in [0.3, 0.4) is 0 Å². The van der Waals surface area contributed by atoms with Crippen molar-refractivity contribution in [2.24, 2.45) is 5.73 Å². The molecular formula is C11H15NO. The van der Waals surface area contributed by atoms with Gasteiger partial charge in [0.25, 0.3) is 0 Å². The van der Waals surface area contributed by atoms with Crippen LogP contribution in [-0.4, -0.2) is 5.11 Å². The van der Waals surface area contributed by atoms with Crippen LogP contribution in [0.25, 0.3) is 0 Å². The summed E-state index contributed by atoms with van der Waals surface area (Å²) in [5.41, 5.74) is 8.76. The van der Waals surface area contributed by atoms with Gasteiger partial charge in [0.1, 0.15) is 0 Å². The van der Waals surface area contributed by atoms with E-state index in [0.29, 0.717) is 6.54 Å². The predicted octanol–water partition coefficient (Wildman–Crippen LogP) is 2.15. The lowest BCUT2D eigenvalue weighted by Crippen LogP contribution is -1.96. The fourth-order valence-electron chi connectivity index (χ4n) is 1.16. The maximum atomic E-state index is 8.71. The van der Waals surface area contributed by atoms with Gasteiger partial charge in [-0.05, 0) is 30.0 Å². The van der Waals surface area contributed by atoms with E-state index in [1.54, 1.807) is 0 Å². The van der Waals surface area contributed by atoms with Crippen LogP contribution in [-0.2, 0) is 13.0 Å². The minimum Gasteiger partial charge on any atom is -0.516 e. The summed E-state index contributed by atoms with van der Waals surface area (Å²) >= 11 is 0. The number of aliphatic hydroxyl groups excluding tert-OH is 1. The number of nitrogens with two attached hydrogens (primary N) is 1. The van der Waals surface area contributed by atoms with Crippen LogP contribution in [0.5, 0.6) is 0 Å². The van der Waals surface area contributed by atoms with Crippen molar-refractivity contribution in [2.75, 3.05) is 0 Å². The summed E-state index contributed by atoms with van der Waals surface area (Å²) in [5.74, 6) is 0. The van der Waals surface area contributed by atoms with E-state index >= 15 is 0 Å². The van der Waals surface area contributed by atoms with E-state index in [-0.39, 0.29) is 0 Å². The Balaban J connectivity index is 2.69. The summed E-state index contributed by atoms with van der Waals surface area (Å²) in [5, 5.41) is 8.71. The molecular weight excluding hydrogens is 162 g/mol. The Labute approximate surface area is 78.7 Å². The molecule has 70 valence electrons. The topological polar surface area (TPSA) is 46.2 Å². The molecule has 0 spiro atoms. The zero-order chi connectivity index (χ0) is 9.68. The van der Waals surface area contributed by atoms with Crippen molar-refractivity contribution in [2.45, 2.75) is 19.9 Å². The van der Waals surface area contributed by atoms with Crippen LogP contribution in [0.15, 0.2) is 36.1 Å². The highest BCUT2D eigenvalue weighted by molar-refractivity contribution is 5.25. The summed E-state index contributed by atoms with van der Waals surface area (Å²) in [6, 6.07) is 8.10. The van der Waals surface area contributed by atoms with Gasteiger partial charge in [-0.1, -0.05) is 24.3 Å². The van der Waals surface area contributed by atoms with E-state index in [1.807, 2.05) is 31.2 Å². The number of hydrogen-bond acceptors (Lipinski definition) is 2. The van der Waals surface area contributed by atoms with Gasteiger partial charge in [0, 0.05) is 6.54 Å². The molecule has 0 amide bonds. The Morgan fingerprint density at radius 3 is 2.31 bits per heavy atom. The van der Waals surface area contributed by atoms with Crippen molar-refractivity contribution in [3.63, 3.8) is 0 Å². The fraction of sp³-hybridized carbons (Fsp3) is 0.273. The van der Waals surface area contributed by atoms with Gasteiger partial charge in [0.15, 0.2) is 0 Å². The molecule has 0 aromatic heterocycles. The van der Waals surface area contributed by atoms with E-state index in [9.17, 15) is 0 Å². The first kappa shape index (κ1) is 9.81. The van der Waals surface area contributed by atoms with Crippen molar-refractivity contribution < 1.29 is 5.11 Å². The number of aliphatic hydroxyl groups is 1. The second kappa shape index (κ2) is 4.67. The SMILES string of the molecule is C/C(=C\O)Cc1ccc(CN)cc1. The lowest BCUT2D eigenvalue weighted by atomic mass is 10.1. The second-order valence-electron chi connectivity index (χ2n) is 3.17. The van der Waals surface area contributed by atoms with Gasteiger partial charge >= 0.3 is 0 Å². The predicted molar refractivity (Wildman–Crippen MR) is 54.4 cm³/mol. The molecule has 0 atom stereocenters. The number of allylic oxidation sites excluding steroid dienone is 1. The van der Waals surface area contributed by atoms with Gasteiger partial charge < -0.3 is 10.8 Å². The van der Waals surface area contributed by atoms with Crippen molar-refractivity contribution in [1.82, 2.24) is 0 Å². The van der Waals surface area contributed by atoms with Crippen molar-refractivity contribution >= 4 is 0 Å². The van der Waals surface area contributed by atoms with Crippen molar-refractivity contribution in [1.29, 1.82) is 0 Å². The third-order valence-corrected chi connectivity index (χ3v) is 1.96. The summed E-state index contributed by atoms with van der Waals surface area (Å²) in [6.45, 7) is 2.48. The molecule has 0 fully saturated rings. The molecule has 0 unspecified atom stereocenters. The molecule has 0 heterocycles. The Bertz CT molecular complexity index is 287. The molecule has 3 N–H and O–H groups in total. The summed E-state index contributed by atoms with van der Waals surface area (Å²) in [6.07, 6.45) is 1.94. The smallest absolute Gasteiger partial charge is 0.0784 e. The van der Waals surface area contributed by atoms with E-state index in [2.05, 4.69) is 0 Å². The highest BCUT2D eigenvalue weighted by atomic mass is 16.2. The average molecular weight is 177 g/mol. The monoisotopic (exact) mass is 177 g/mol. The molecule has 2 heteroatoms. The quantitative estimate of drug-likeness (QED) is 0.695. The summed E-state index contributed by atoms with van der Waals surface area (Å²) in [4.78, 5) is 0. The molecule has 0 aliphatic heterocycles. The lowest BCUT2D eigenvalue weighted by Gasteiger charge is -2.01. The van der Waals surface area contributed by atoms with E-state index in [0.717, 1.165) is 23.8 Å². The number of rotatable bonds is 3. The molecule has 13 heavy (non-hydrogen) atoms. The number of benzene rings is 1. The summed E-state index contributed by atoms with van der Waals surface area (Å²) in [7, 11) is 0. The molecule has 0 saturated carbocycles. The van der Waals surface area contributed by atoms with Gasteiger partial charge in [0.2, 0.25) is 0 Å². The largest absolute Gasteiger partial charge is 0.516 e. The van der Waals surface area contributed by atoms with Gasteiger partial charge in [-0.15, -0.1) is 0 Å². The lowest BCUT2D eigenvalue weighted by molar-refractivity contribution is 0.465. The zero-order valence-corrected chi connectivity index (χ0v) is 7.83. The van der Waals surface area contributed by atoms with Gasteiger partial charge in [-0.3, -0.25) is 0 Å². The third-order valence-electron chi connectivity index (χ3n) is 1.96. The Morgan fingerprint density at radius 1 is 1.31 bits per heavy atom. The highest BCUT2D eigenvalue weighted by Gasteiger charge is 1.94. The van der Waals surface area contributed by atoms with Crippen LogP contribution in [0.2, 0.25) is 0 Å². The maximum Gasteiger partial charge on any atom is 0.0784 e. The molecule has 0 aliphatic carbocycles. The Morgan fingerprint density at radius 2 is 1.85 bits per heavy atom. The first-order valence-corrected chi connectivity index (χ1v) is 4.34. The van der Waals surface area contributed by atoms with E-state index in [1.165, 1.54) is 5.56 Å². The molecule has 1 aromatic rings. The zero-order valence-electron chi connectivity index (χ0n) is 7.83. The minimum atomic E-state index is 0.578. The Kier molecular flexibility index (Phi) is 3.53. The van der Waals surface area contributed by atoms with Crippen molar-refractivity contribution in [3.8, 4) is 0 Å². The summed E-state index contributed by atoms with van der Waals surface area (Å²) < 4.78 is 0. The highest BCUT2D eigenvalue weighted by Crippen LogP contribution is 2.08. The maximum absolute atomic E-state index is 8.71. The van der Waals surface area contributed by atoms with Crippen LogP contribution in [0.4, 0.5) is 0 Å². The second-order valence-corrected chi connectivity index (χ2v) is 3.17. The standard InChI is InChI=1S/C11H15NO/c1-9(8-13)6-10-2-4-11(7-12)5-3-10/h2-5,8,13H,6-7,12H2,1H3/b9-8+. The van der Waals surface area contributed by atoms with E-state index < -0.39 is 0 Å². The Hall–Kier alpha value is -1.28. The molecule has 2 nitrogen and oxygen atoms in total. The molecule has 0 bridgehead atoms. The van der Waals surface area contributed by atoms with Crippen LogP contribution >= 0.6 is 0 Å². The fourth-order valence-corrected chi connectivity index (χ4v) is 1.16. The molecule has 1 aromatic carbocycles. The first-order valence-electron chi connectivity index (χ1n) is 4.34. The van der Waals surface area contributed by atoms with Gasteiger partial charge in [-0.25, -0.2) is 0 Å². The minimum absolute atomic E-state index is 0.578. The molecule has 0 radical (unpaired) electrons. The van der Waals surface area contributed by atoms with Crippen LogP contribution in [0, 0.1) is 0 Å². The number of hydrogen-bond donors (Lipinski definition) is 2. The first-order chi connectivity index (χ1) is 6.26. The third kappa shape index (κ3) is 2.92. The van der Waals surface area contributed by atoms with Crippen LogP contribution in [0.1, 0.15) is 18.1 Å². The van der Waals surface area contributed by atoms with Crippen LogP contribution < -0.4 is 5.73 Å². The van der Waals surface area contributed by atoms with Gasteiger partial charge in [0.05, 0.1) is 6.26 Å². The van der Waals surface area contributed by atoms with Gasteiger partial charge in [-0.2, -0.15) is 0 Å². The molecule has 1 rings (SSSR count).